The highest BCUT2D eigenvalue weighted by molar-refractivity contribution is 5.51. The van der Waals surface area contributed by atoms with E-state index in [1.54, 1.807) is 0 Å². The largest absolute Gasteiger partial charge is 0.486 e. The molecule has 0 spiro atoms. The van der Waals surface area contributed by atoms with Crippen LogP contribution in [0.1, 0.15) is 11.1 Å². The van der Waals surface area contributed by atoms with E-state index in [9.17, 15) is 0 Å². The van der Waals surface area contributed by atoms with Crippen molar-refractivity contribution in [1.82, 2.24) is 9.38 Å². The number of ether oxygens (including phenoxy) is 2. The fourth-order valence-electron chi connectivity index (χ4n) is 2.61. The molecule has 0 amide bonds. The predicted molar refractivity (Wildman–Crippen MR) is 84.7 cm³/mol. The fourth-order valence-corrected chi connectivity index (χ4v) is 2.61. The first-order valence-corrected chi connectivity index (χ1v) is 7.36. The summed E-state index contributed by atoms with van der Waals surface area (Å²) in [5.74, 6) is 2.62. The number of pyridine rings is 1. The van der Waals surface area contributed by atoms with Crippen molar-refractivity contribution in [3.05, 3.63) is 53.9 Å². The Hall–Kier alpha value is -2.69. The number of imidazole rings is 1. The molecule has 5 nitrogen and oxygen atoms in total. The highest BCUT2D eigenvalue weighted by atomic mass is 16.6. The zero-order chi connectivity index (χ0) is 14.9. The summed E-state index contributed by atoms with van der Waals surface area (Å²) >= 11 is 0. The van der Waals surface area contributed by atoms with Gasteiger partial charge in [-0.25, -0.2) is 4.98 Å². The van der Waals surface area contributed by atoms with Crippen LogP contribution in [0, 0.1) is 6.92 Å². The van der Waals surface area contributed by atoms with Gasteiger partial charge in [0.15, 0.2) is 11.5 Å². The lowest BCUT2D eigenvalue weighted by molar-refractivity contribution is 0.171. The zero-order valence-corrected chi connectivity index (χ0v) is 12.4. The minimum absolute atomic E-state index is 0.608. The van der Waals surface area contributed by atoms with Crippen LogP contribution < -0.4 is 14.8 Å². The van der Waals surface area contributed by atoms with Gasteiger partial charge < -0.3 is 14.8 Å². The lowest BCUT2D eigenvalue weighted by atomic mass is 10.2. The van der Waals surface area contributed by atoms with Crippen LogP contribution in [0.4, 0.5) is 5.82 Å². The van der Waals surface area contributed by atoms with Crippen LogP contribution in [-0.4, -0.2) is 22.6 Å². The van der Waals surface area contributed by atoms with Crippen LogP contribution in [-0.2, 0) is 6.54 Å². The molecule has 1 aromatic carbocycles. The molecule has 4 rings (SSSR count). The average molecular weight is 295 g/mol. The van der Waals surface area contributed by atoms with Crippen LogP contribution in [0.25, 0.3) is 5.65 Å². The second-order valence-electron chi connectivity index (χ2n) is 5.41. The van der Waals surface area contributed by atoms with Gasteiger partial charge in [-0.2, -0.15) is 0 Å². The number of hydrogen-bond donors (Lipinski definition) is 1. The molecule has 5 heteroatoms. The molecule has 1 N–H and O–H groups in total. The number of nitrogens with one attached hydrogen (secondary N) is 1. The highest BCUT2D eigenvalue weighted by Gasteiger charge is 2.11. The third-order valence-corrected chi connectivity index (χ3v) is 3.73. The molecule has 0 radical (unpaired) electrons. The van der Waals surface area contributed by atoms with Gasteiger partial charge in [0, 0.05) is 12.7 Å². The Labute approximate surface area is 128 Å². The number of hydrogen-bond acceptors (Lipinski definition) is 4. The van der Waals surface area contributed by atoms with Crippen molar-refractivity contribution in [3.8, 4) is 11.5 Å². The van der Waals surface area contributed by atoms with E-state index in [1.165, 1.54) is 5.56 Å². The second kappa shape index (κ2) is 5.26. The third-order valence-electron chi connectivity index (χ3n) is 3.73. The lowest BCUT2D eigenvalue weighted by Gasteiger charge is -2.19. The number of nitrogens with zero attached hydrogens (tertiary/aromatic N) is 2. The first-order valence-electron chi connectivity index (χ1n) is 7.36. The van der Waals surface area contributed by atoms with Gasteiger partial charge in [-0.15, -0.1) is 0 Å². The molecule has 3 heterocycles. The van der Waals surface area contributed by atoms with Crippen LogP contribution in [0.15, 0.2) is 42.7 Å². The maximum atomic E-state index is 5.62. The molecule has 1 aliphatic heterocycles. The second-order valence-corrected chi connectivity index (χ2v) is 5.41. The smallest absolute Gasteiger partial charge is 0.161 e. The first-order chi connectivity index (χ1) is 10.8. The lowest BCUT2D eigenvalue weighted by Crippen LogP contribution is -2.15. The summed E-state index contributed by atoms with van der Waals surface area (Å²) in [7, 11) is 0. The summed E-state index contributed by atoms with van der Waals surface area (Å²) in [6.45, 7) is 4.00. The Morgan fingerprint density at radius 1 is 1.14 bits per heavy atom. The molecule has 1 aliphatic rings. The molecule has 0 saturated carbocycles. The fraction of sp³-hybridized carbons (Fsp3) is 0.235. The van der Waals surface area contributed by atoms with Gasteiger partial charge in [0.05, 0.1) is 6.20 Å². The number of fused-ring (bicyclic) bond motifs is 2. The summed E-state index contributed by atoms with van der Waals surface area (Å²) in [5.41, 5.74) is 3.29. The summed E-state index contributed by atoms with van der Waals surface area (Å²) in [6.07, 6.45) is 3.93. The normalized spacial score (nSPS) is 13.3. The highest BCUT2D eigenvalue weighted by Crippen LogP contribution is 2.31. The van der Waals surface area contributed by atoms with Gasteiger partial charge in [-0.3, -0.25) is 4.40 Å². The van der Waals surface area contributed by atoms with E-state index in [-0.39, 0.29) is 0 Å². The zero-order valence-electron chi connectivity index (χ0n) is 12.4. The molecule has 3 aromatic rings. The van der Waals surface area contributed by atoms with Crippen LogP contribution in [0.2, 0.25) is 0 Å². The summed E-state index contributed by atoms with van der Waals surface area (Å²) in [6, 6.07) is 10.1. The molecule has 0 aliphatic carbocycles. The number of aromatic nitrogens is 2. The predicted octanol–water partition coefficient (Wildman–Crippen LogP) is 3.03. The number of anilines is 1. The van der Waals surface area contributed by atoms with Crippen molar-refractivity contribution in [2.45, 2.75) is 13.5 Å². The Bertz CT molecular complexity index is 826. The molecular formula is C17H17N3O2. The van der Waals surface area contributed by atoms with Gasteiger partial charge in [-0.1, -0.05) is 12.1 Å². The molecule has 22 heavy (non-hydrogen) atoms. The van der Waals surface area contributed by atoms with Gasteiger partial charge >= 0.3 is 0 Å². The van der Waals surface area contributed by atoms with E-state index >= 15 is 0 Å². The Morgan fingerprint density at radius 2 is 2.00 bits per heavy atom. The van der Waals surface area contributed by atoms with E-state index in [0.717, 1.165) is 28.5 Å². The van der Waals surface area contributed by atoms with Gasteiger partial charge in [0.2, 0.25) is 0 Å². The van der Waals surface area contributed by atoms with Crippen molar-refractivity contribution in [2.75, 3.05) is 18.5 Å². The van der Waals surface area contributed by atoms with Gasteiger partial charge in [-0.05, 0) is 36.2 Å². The molecule has 112 valence electrons. The maximum Gasteiger partial charge on any atom is 0.161 e. The number of aryl methyl sites for hydroxylation is 1. The molecule has 2 aromatic heterocycles. The van der Waals surface area contributed by atoms with Gasteiger partial charge in [0.1, 0.15) is 24.7 Å². The van der Waals surface area contributed by atoms with Crippen molar-refractivity contribution in [1.29, 1.82) is 0 Å². The van der Waals surface area contributed by atoms with Crippen molar-refractivity contribution in [3.63, 3.8) is 0 Å². The first kappa shape index (κ1) is 13.0. The molecular weight excluding hydrogens is 278 g/mol. The molecule has 0 fully saturated rings. The Kier molecular flexibility index (Phi) is 3.11. The number of benzene rings is 1. The van der Waals surface area contributed by atoms with E-state index in [0.29, 0.717) is 19.8 Å². The monoisotopic (exact) mass is 295 g/mol. The van der Waals surface area contributed by atoms with Crippen molar-refractivity contribution < 1.29 is 9.47 Å². The third kappa shape index (κ3) is 2.35. The number of rotatable bonds is 3. The minimum atomic E-state index is 0.608. The van der Waals surface area contributed by atoms with E-state index in [1.807, 2.05) is 24.4 Å². The Morgan fingerprint density at radius 3 is 2.91 bits per heavy atom. The van der Waals surface area contributed by atoms with Crippen molar-refractivity contribution >= 4 is 11.5 Å². The summed E-state index contributed by atoms with van der Waals surface area (Å²) < 4.78 is 13.2. The van der Waals surface area contributed by atoms with E-state index in [4.69, 9.17) is 9.47 Å². The molecule has 0 atom stereocenters. The van der Waals surface area contributed by atoms with Crippen molar-refractivity contribution in [2.24, 2.45) is 0 Å². The standard InChI is InChI=1S/C17H17N3O2/c1-12-2-5-16-19-10-17(20(16)11-12)18-9-13-3-4-14-15(8-13)22-7-6-21-14/h2-5,8,10-11,18H,6-7,9H2,1H3. The molecule has 0 saturated heterocycles. The van der Waals surface area contributed by atoms with Gasteiger partial charge in [0.25, 0.3) is 0 Å². The Balaban J connectivity index is 1.55. The van der Waals surface area contributed by atoms with Crippen LogP contribution in [0.5, 0.6) is 11.5 Å². The molecule has 0 unspecified atom stereocenters. The summed E-state index contributed by atoms with van der Waals surface area (Å²) in [5, 5.41) is 3.42. The molecule has 0 bridgehead atoms. The van der Waals surface area contributed by atoms with Crippen LogP contribution in [0.3, 0.4) is 0 Å². The minimum Gasteiger partial charge on any atom is -0.486 e. The average Bonchev–Trinajstić information content (AvgIpc) is 2.95. The van der Waals surface area contributed by atoms with Crippen LogP contribution >= 0.6 is 0 Å². The van der Waals surface area contributed by atoms with E-state index in [2.05, 4.69) is 40.0 Å². The quantitative estimate of drug-likeness (QED) is 0.807. The topological polar surface area (TPSA) is 47.8 Å². The maximum absolute atomic E-state index is 5.62. The summed E-state index contributed by atoms with van der Waals surface area (Å²) in [4.78, 5) is 4.40. The van der Waals surface area contributed by atoms with E-state index < -0.39 is 0 Å². The SMILES string of the molecule is Cc1ccc2ncc(NCc3ccc4c(c3)OCCO4)n2c1.